The van der Waals surface area contributed by atoms with Crippen molar-refractivity contribution in [3.63, 3.8) is 0 Å². The maximum absolute atomic E-state index is 14.7. The van der Waals surface area contributed by atoms with Crippen molar-refractivity contribution >= 4 is 16.9 Å². The van der Waals surface area contributed by atoms with Gasteiger partial charge < -0.3 is 15.0 Å². The first kappa shape index (κ1) is 21.1. The van der Waals surface area contributed by atoms with Crippen LogP contribution in [0.15, 0.2) is 35.6 Å². The van der Waals surface area contributed by atoms with E-state index in [2.05, 4.69) is 34.1 Å². The van der Waals surface area contributed by atoms with E-state index >= 15 is 0 Å². The van der Waals surface area contributed by atoms with Gasteiger partial charge in [-0.1, -0.05) is 13.8 Å². The molecular formula is C21H19F5N4O. The van der Waals surface area contributed by atoms with Crippen LogP contribution in [-0.4, -0.2) is 28.9 Å². The molecule has 31 heavy (non-hydrogen) atoms. The van der Waals surface area contributed by atoms with Crippen molar-refractivity contribution in [3.05, 3.63) is 53.4 Å². The Balaban J connectivity index is 1.63. The minimum Gasteiger partial charge on any atom is -0.450 e. The zero-order chi connectivity index (χ0) is 22.4. The number of rotatable bonds is 4. The summed E-state index contributed by atoms with van der Waals surface area (Å²) in [5.74, 6) is -2.58. The molecule has 1 aliphatic heterocycles. The monoisotopic (exact) mass is 438 g/mol. The molecule has 3 aromatic rings. The molecular weight excluding hydrogens is 419 g/mol. The number of H-pyrrole nitrogens is 1. The van der Waals surface area contributed by atoms with Crippen LogP contribution in [0, 0.1) is 17.0 Å². The van der Waals surface area contributed by atoms with Gasteiger partial charge in [-0.3, -0.25) is 4.99 Å². The third kappa shape index (κ3) is 4.33. The lowest BCUT2D eigenvalue weighted by molar-refractivity contribution is -0.136. The number of fused-ring (bicyclic) bond motifs is 1. The van der Waals surface area contributed by atoms with E-state index in [4.69, 9.17) is 4.74 Å². The smallest absolute Gasteiger partial charge is 0.418 e. The van der Waals surface area contributed by atoms with E-state index in [1.807, 2.05) is 0 Å². The Bertz CT molecular complexity index is 1140. The van der Waals surface area contributed by atoms with E-state index < -0.39 is 34.5 Å². The lowest BCUT2D eigenvalue weighted by atomic mass is 9.92. The predicted molar refractivity (Wildman–Crippen MR) is 105 cm³/mol. The number of pyridine rings is 1. The Morgan fingerprint density at radius 3 is 2.48 bits per heavy atom. The molecule has 2 N–H and O–H groups in total. The Kier molecular flexibility index (Phi) is 5.10. The molecule has 0 bridgehead atoms. The Labute approximate surface area is 174 Å². The maximum atomic E-state index is 14.7. The van der Waals surface area contributed by atoms with Gasteiger partial charge in [0.25, 0.3) is 0 Å². The second-order valence-electron chi connectivity index (χ2n) is 8.18. The predicted octanol–water partition coefficient (Wildman–Crippen LogP) is 5.22. The highest BCUT2D eigenvalue weighted by molar-refractivity contribution is 5.87. The van der Waals surface area contributed by atoms with E-state index in [1.54, 1.807) is 0 Å². The number of aromatic amines is 1. The van der Waals surface area contributed by atoms with Gasteiger partial charge in [-0.25, -0.2) is 13.8 Å². The first-order chi connectivity index (χ1) is 14.5. The van der Waals surface area contributed by atoms with Gasteiger partial charge in [0.2, 0.25) is 0 Å². The number of aromatic nitrogens is 2. The molecule has 2 aromatic heterocycles. The number of hydrogen-bond acceptors (Lipinski definition) is 4. The quantitative estimate of drug-likeness (QED) is 0.549. The van der Waals surface area contributed by atoms with Gasteiger partial charge in [-0.05, 0) is 23.8 Å². The van der Waals surface area contributed by atoms with Gasteiger partial charge in [0.05, 0.1) is 10.9 Å². The summed E-state index contributed by atoms with van der Waals surface area (Å²) >= 11 is 0. The number of benzene rings is 1. The fraction of sp³-hybridized carbons (Fsp3) is 0.333. The summed E-state index contributed by atoms with van der Waals surface area (Å²) in [4.78, 5) is 10.6. The first-order valence-corrected chi connectivity index (χ1v) is 9.50. The van der Waals surface area contributed by atoms with E-state index in [0.29, 0.717) is 24.5 Å². The minimum absolute atomic E-state index is 0.00106. The summed E-state index contributed by atoms with van der Waals surface area (Å²) in [5.41, 5.74) is -0.814. The molecule has 0 unspecified atom stereocenters. The average molecular weight is 438 g/mol. The number of alkyl halides is 3. The number of halogens is 5. The highest BCUT2D eigenvalue weighted by Crippen LogP contribution is 2.40. The fourth-order valence-electron chi connectivity index (χ4n) is 3.33. The molecule has 0 radical (unpaired) electrons. The maximum Gasteiger partial charge on any atom is 0.418 e. The second-order valence-corrected chi connectivity index (χ2v) is 8.18. The van der Waals surface area contributed by atoms with Gasteiger partial charge in [0, 0.05) is 37.3 Å². The van der Waals surface area contributed by atoms with Crippen LogP contribution >= 0.6 is 0 Å². The molecule has 3 heterocycles. The summed E-state index contributed by atoms with van der Waals surface area (Å²) in [6.07, 6.45) is -2.57. The van der Waals surface area contributed by atoms with E-state index in [9.17, 15) is 22.0 Å². The molecule has 4 rings (SSSR count). The molecule has 0 fully saturated rings. The molecule has 0 spiro atoms. The highest BCUT2D eigenvalue weighted by atomic mass is 19.4. The van der Waals surface area contributed by atoms with E-state index in [-0.39, 0.29) is 23.2 Å². The largest absolute Gasteiger partial charge is 0.450 e. The SMILES string of the molecule is CC1(C)CN=C(Cc2cc(F)c(Oc3ccnc4[nH]cc(C(F)(F)F)c34)c(F)c2)NC1. The zero-order valence-corrected chi connectivity index (χ0v) is 16.7. The molecule has 1 aliphatic rings. The molecule has 0 atom stereocenters. The molecule has 0 amide bonds. The van der Waals surface area contributed by atoms with Crippen molar-refractivity contribution in [1.29, 1.82) is 0 Å². The second kappa shape index (κ2) is 7.51. The normalized spacial score (nSPS) is 16.2. The summed E-state index contributed by atoms with van der Waals surface area (Å²) in [5, 5.41) is 2.74. The summed E-state index contributed by atoms with van der Waals surface area (Å²) in [6.45, 7) is 5.39. The molecule has 1 aromatic carbocycles. The molecule has 10 heteroatoms. The third-order valence-corrected chi connectivity index (χ3v) is 4.95. The molecule has 0 saturated carbocycles. The van der Waals surface area contributed by atoms with Crippen LogP contribution in [0.25, 0.3) is 11.0 Å². The van der Waals surface area contributed by atoms with Crippen LogP contribution in [0.2, 0.25) is 0 Å². The number of amidine groups is 1. The number of hydrogen-bond donors (Lipinski definition) is 2. The Morgan fingerprint density at radius 2 is 1.87 bits per heavy atom. The molecule has 164 valence electrons. The fourth-order valence-corrected chi connectivity index (χ4v) is 3.33. The molecule has 0 saturated heterocycles. The van der Waals surface area contributed by atoms with Crippen LogP contribution in [0.1, 0.15) is 25.0 Å². The van der Waals surface area contributed by atoms with Crippen molar-refractivity contribution in [1.82, 2.24) is 15.3 Å². The number of nitrogens with one attached hydrogen (secondary N) is 2. The van der Waals surface area contributed by atoms with Crippen LogP contribution < -0.4 is 10.1 Å². The lowest BCUT2D eigenvalue weighted by Crippen LogP contribution is -2.41. The zero-order valence-electron chi connectivity index (χ0n) is 16.7. The van der Waals surface area contributed by atoms with Crippen molar-refractivity contribution in [2.24, 2.45) is 10.4 Å². The van der Waals surface area contributed by atoms with Crippen LogP contribution in [0.3, 0.4) is 0 Å². The van der Waals surface area contributed by atoms with Crippen LogP contribution in [0.4, 0.5) is 22.0 Å². The van der Waals surface area contributed by atoms with Crippen LogP contribution in [0.5, 0.6) is 11.5 Å². The topological polar surface area (TPSA) is 62.3 Å². The van der Waals surface area contributed by atoms with Crippen molar-refractivity contribution < 1.29 is 26.7 Å². The molecule has 5 nitrogen and oxygen atoms in total. The Morgan fingerprint density at radius 1 is 1.16 bits per heavy atom. The lowest BCUT2D eigenvalue weighted by Gasteiger charge is -2.29. The van der Waals surface area contributed by atoms with Gasteiger partial charge >= 0.3 is 6.18 Å². The number of ether oxygens (including phenoxy) is 1. The first-order valence-electron chi connectivity index (χ1n) is 9.50. The minimum atomic E-state index is -4.69. The Hall–Kier alpha value is -3.17. The van der Waals surface area contributed by atoms with Gasteiger partial charge in [0.15, 0.2) is 17.4 Å². The van der Waals surface area contributed by atoms with Crippen LogP contribution in [-0.2, 0) is 12.6 Å². The van der Waals surface area contributed by atoms with E-state index in [0.717, 1.165) is 24.4 Å². The third-order valence-electron chi connectivity index (χ3n) is 4.95. The van der Waals surface area contributed by atoms with Crippen molar-refractivity contribution in [2.45, 2.75) is 26.4 Å². The van der Waals surface area contributed by atoms with E-state index in [1.165, 1.54) is 6.20 Å². The highest BCUT2D eigenvalue weighted by Gasteiger charge is 2.35. The number of nitrogens with zero attached hydrogens (tertiary/aromatic N) is 2. The summed E-state index contributed by atoms with van der Waals surface area (Å²) in [6, 6.07) is 3.30. The molecule has 0 aliphatic carbocycles. The van der Waals surface area contributed by atoms with Gasteiger partial charge in [0.1, 0.15) is 17.2 Å². The standard InChI is InChI=1S/C21H19F5N4O/c1-20(2)9-29-16(30-10-20)7-11-5-13(22)18(14(23)6-11)31-15-3-4-27-19-17(15)12(8-28-19)21(24,25)26/h3-6,8H,7,9-10H2,1-2H3,(H,27,28)(H,29,30). The van der Waals surface area contributed by atoms with Gasteiger partial charge in [-0.15, -0.1) is 0 Å². The van der Waals surface area contributed by atoms with Gasteiger partial charge in [-0.2, -0.15) is 13.2 Å². The van der Waals surface area contributed by atoms with Crippen molar-refractivity contribution in [2.75, 3.05) is 13.1 Å². The van der Waals surface area contributed by atoms with Crippen molar-refractivity contribution in [3.8, 4) is 11.5 Å². The number of aliphatic imine (C=N–C) groups is 1. The average Bonchev–Trinajstić information content (AvgIpc) is 3.12. The summed E-state index contributed by atoms with van der Waals surface area (Å²) < 4.78 is 74.4. The summed E-state index contributed by atoms with van der Waals surface area (Å²) in [7, 11) is 0.